The Morgan fingerprint density at radius 2 is 1.28 bits per heavy atom. The van der Waals surface area contributed by atoms with E-state index in [9.17, 15) is 0 Å². The Kier molecular flexibility index (Phi) is 6.68. The minimum Gasteiger partial charge on any atom is -0.457 e. The van der Waals surface area contributed by atoms with Gasteiger partial charge in [-0.3, -0.25) is 9.55 Å². The molecule has 2 heterocycles. The molecule has 0 N–H and O–H groups in total. The van der Waals surface area contributed by atoms with Crippen molar-refractivity contribution in [1.29, 1.82) is 0 Å². The quantitative estimate of drug-likeness (QED) is 0.237. The Morgan fingerprint density at radius 3 is 1.92 bits per heavy atom. The van der Waals surface area contributed by atoms with Crippen LogP contribution in [0.25, 0.3) is 28.3 Å². The molecule has 36 heavy (non-hydrogen) atoms. The lowest BCUT2D eigenvalue weighted by molar-refractivity contribution is 0.483. The fourth-order valence-corrected chi connectivity index (χ4v) is 4.57. The van der Waals surface area contributed by atoms with Crippen LogP contribution in [0, 0.1) is 0 Å². The monoisotopic (exact) mass is 473 g/mol. The van der Waals surface area contributed by atoms with Crippen LogP contribution >= 0.6 is 0 Å². The Balaban J connectivity index is 1.51. The normalized spacial score (nSPS) is 11.3. The summed E-state index contributed by atoms with van der Waals surface area (Å²) in [6, 6.07) is 28.7. The van der Waals surface area contributed by atoms with Gasteiger partial charge >= 0.3 is 0 Å². The van der Waals surface area contributed by atoms with E-state index in [0.717, 1.165) is 34.1 Å². The van der Waals surface area contributed by atoms with Crippen molar-refractivity contribution in [3.63, 3.8) is 0 Å². The van der Waals surface area contributed by atoms with E-state index in [0.29, 0.717) is 11.8 Å². The van der Waals surface area contributed by atoms with Gasteiger partial charge in [-0.2, -0.15) is 0 Å². The zero-order valence-electron chi connectivity index (χ0n) is 21.2. The van der Waals surface area contributed by atoms with Gasteiger partial charge in [0, 0.05) is 29.7 Å². The SMILES string of the molecule is CC(C)c1cccc(C(C)C)c1-n1ccnc1-c1cccc(Oc2cccc(-c3ccccn3)c2)c1. The summed E-state index contributed by atoms with van der Waals surface area (Å²) in [6.07, 6.45) is 5.74. The van der Waals surface area contributed by atoms with Gasteiger partial charge in [-0.05, 0) is 59.4 Å². The predicted octanol–water partition coefficient (Wildman–Crippen LogP) is 8.64. The predicted molar refractivity (Wildman–Crippen MR) is 147 cm³/mol. The summed E-state index contributed by atoms with van der Waals surface area (Å²) in [4.78, 5) is 9.22. The topological polar surface area (TPSA) is 39.9 Å². The second-order valence-corrected chi connectivity index (χ2v) is 9.59. The number of para-hydroxylation sites is 1. The molecule has 4 nitrogen and oxygen atoms in total. The van der Waals surface area contributed by atoms with E-state index < -0.39 is 0 Å². The van der Waals surface area contributed by atoms with Gasteiger partial charge in [-0.25, -0.2) is 4.98 Å². The molecule has 0 aliphatic carbocycles. The van der Waals surface area contributed by atoms with Gasteiger partial charge in [-0.1, -0.05) is 76.2 Å². The van der Waals surface area contributed by atoms with Crippen LogP contribution in [-0.2, 0) is 0 Å². The third-order valence-corrected chi connectivity index (χ3v) is 6.35. The van der Waals surface area contributed by atoms with Gasteiger partial charge < -0.3 is 4.74 Å². The zero-order valence-corrected chi connectivity index (χ0v) is 21.2. The first-order chi connectivity index (χ1) is 17.5. The standard InChI is InChI=1S/C32H31N3O/c1-22(2)28-14-9-15-29(23(3)4)31(28)35-19-18-34-32(35)25-11-8-13-27(21-25)36-26-12-7-10-24(20-26)30-16-5-6-17-33-30/h5-23H,1-4H3. The van der Waals surface area contributed by atoms with Gasteiger partial charge in [0.2, 0.25) is 0 Å². The second kappa shape index (κ2) is 10.2. The van der Waals surface area contributed by atoms with Crippen LogP contribution in [0.3, 0.4) is 0 Å². The maximum Gasteiger partial charge on any atom is 0.144 e. The maximum absolute atomic E-state index is 6.28. The van der Waals surface area contributed by atoms with Crippen molar-refractivity contribution in [1.82, 2.24) is 14.5 Å². The van der Waals surface area contributed by atoms with Gasteiger partial charge in [0.1, 0.15) is 17.3 Å². The molecule has 0 atom stereocenters. The summed E-state index contributed by atoms with van der Waals surface area (Å²) in [5.41, 5.74) is 6.81. The fraction of sp³-hybridized carbons (Fsp3) is 0.188. The molecule has 0 aliphatic rings. The molecule has 0 saturated heterocycles. The molecule has 5 aromatic rings. The largest absolute Gasteiger partial charge is 0.457 e. The highest BCUT2D eigenvalue weighted by Crippen LogP contribution is 2.35. The van der Waals surface area contributed by atoms with Crippen molar-refractivity contribution < 1.29 is 4.74 Å². The number of imidazole rings is 1. The number of aromatic nitrogens is 3. The number of hydrogen-bond acceptors (Lipinski definition) is 3. The third-order valence-electron chi connectivity index (χ3n) is 6.35. The van der Waals surface area contributed by atoms with Crippen molar-refractivity contribution in [2.24, 2.45) is 0 Å². The minimum atomic E-state index is 0.398. The van der Waals surface area contributed by atoms with Crippen LogP contribution in [0.5, 0.6) is 11.5 Å². The Bertz CT molecular complexity index is 1440. The lowest BCUT2D eigenvalue weighted by Gasteiger charge is -2.22. The number of benzene rings is 3. The first-order valence-electron chi connectivity index (χ1n) is 12.5. The molecule has 0 unspecified atom stereocenters. The summed E-state index contributed by atoms with van der Waals surface area (Å²) in [5.74, 6) is 3.23. The van der Waals surface area contributed by atoms with Gasteiger partial charge in [0.05, 0.1) is 11.4 Å². The minimum absolute atomic E-state index is 0.398. The van der Waals surface area contributed by atoms with Gasteiger partial charge in [0.25, 0.3) is 0 Å². The summed E-state index contributed by atoms with van der Waals surface area (Å²) in [7, 11) is 0. The lowest BCUT2D eigenvalue weighted by atomic mass is 9.92. The van der Waals surface area contributed by atoms with E-state index in [2.05, 4.69) is 73.8 Å². The average Bonchev–Trinajstić information content (AvgIpc) is 3.39. The van der Waals surface area contributed by atoms with E-state index in [1.54, 1.807) is 6.20 Å². The van der Waals surface area contributed by atoms with E-state index in [1.165, 1.54) is 16.8 Å². The van der Waals surface area contributed by atoms with Crippen LogP contribution in [0.4, 0.5) is 0 Å². The Labute approximate surface area is 213 Å². The molecular weight excluding hydrogens is 442 g/mol. The Hall–Kier alpha value is -4.18. The third kappa shape index (κ3) is 4.80. The number of hydrogen-bond donors (Lipinski definition) is 0. The molecule has 0 radical (unpaired) electrons. The molecule has 2 aromatic heterocycles. The van der Waals surface area contributed by atoms with Crippen LogP contribution in [0.15, 0.2) is 104 Å². The molecule has 0 aliphatic heterocycles. The summed E-state index contributed by atoms with van der Waals surface area (Å²) in [5, 5.41) is 0. The average molecular weight is 474 g/mol. The smallest absolute Gasteiger partial charge is 0.144 e. The molecule has 0 bridgehead atoms. The van der Waals surface area contributed by atoms with Crippen LogP contribution in [0.1, 0.15) is 50.7 Å². The highest BCUT2D eigenvalue weighted by Gasteiger charge is 2.18. The molecule has 0 spiro atoms. The Morgan fingerprint density at radius 1 is 0.639 bits per heavy atom. The first-order valence-corrected chi connectivity index (χ1v) is 12.5. The van der Waals surface area contributed by atoms with Crippen molar-refractivity contribution in [2.45, 2.75) is 39.5 Å². The molecular formula is C32H31N3O. The highest BCUT2D eigenvalue weighted by molar-refractivity contribution is 5.65. The number of ether oxygens (including phenoxy) is 1. The van der Waals surface area contributed by atoms with E-state index in [4.69, 9.17) is 9.72 Å². The summed E-state index contributed by atoms with van der Waals surface area (Å²) >= 11 is 0. The van der Waals surface area contributed by atoms with E-state index in [1.807, 2.05) is 60.8 Å². The number of rotatable bonds is 7. The molecule has 0 fully saturated rings. The molecule has 3 aromatic carbocycles. The highest BCUT2D eigenvalue weighted by atomic mass is 16.5. The molecule has 0 amide bonds. The van der Waals surface area contributed by atoms with Crippen LogP contribution < -0.4 is 4.74 Å². The molecule has 4 heteroatoms. The van der Waals surface area contributed by atoms with Crippen molar-refractivity contribution >= 4 is 0 Å². The zero-order chi connectivity index (χ0) is 25.1. The van der Waals surface area contributed by atoms with Crippen LogP contribution in [0.2, 0.25) is 0 Å². The van der Waals surface area contributed by atoms with Crippen molar-refractivity contribution in [3.8, 4) is 39.8 Å². The summed E-state index contributed by atoms with van der Waals surface area (Å²) in [6.45, 7) is 8.97. The van der Waals surface area contributed by atoms with Gasteiger partial charge in [-0.15, -0.1) is 0 Å². The van der Waals surface area contributed by atoms with Crippen LogP contribution in [-0.4, -0.2) is 14.5 Å². The molecule has 5 rings (SSSR count). The number of pyridine rings is 1. The summed E-state index contributed by atoms with van der Waals surface area (Å²) < 4.78 is 8.51. The fourth-order valence-electron chi connectivity index (χ4n) is 4.57. The van der Waals surface area contributed by atoms with Gasteiger partial charge in [0.15, 0.2) is 0 Å². The molecule has 0 saturated carbocycles. The van der Waals surface area contributed by atoms with Crippen molar-refractivity contribution in [2.75, 3.05) is 0 Å². The molecule has 180 valence electrons. The second-order valence-electron chi connectivity index (χ2n) is 9.59. The lowest BCUT2D eigenvalue weighted by Crippen LogP contribution is -2.07. The first kappa shape index (κ1) is 23.6. The van der Waals surface area contributed by atoms with E-state index >= 15 is 0 Å². The number of nitrogens with zero attached hydrogens (tertiary/aromatic N) is 3. The van der Waals surface area contributed by atoms with E-state index in [-0.39, 0.29) is 0 Å². The van der Waals surface area contributed by atoms with Crippen molar-refractivity contribution in [3.05, 3.63) is 115 Å². The maximum atomic E-state index is 6.28.